The summed E-state index contributed by atoms with van der Waals surface area (Å²) in [6, 6.07) is 19.0. The lowest BCUT2D eigenvalue weighted by atomic mass is 10.1. The minimum Gasteiger partial charge on any atom is -0.403 e. The van der Waals surface area contributed by atoms with Gasteiger partial charge in [-0.05, 0) is 48.5 Å². The summed E-state index contributed by atoms with van der Waals surface area (Å²) in [4.78, 5) is 37.8. The molecule has 0 aliphatic heterocycles. The Bertz CT molecular complexity index is 1380. The smallest absolute Gasteiger partial charge is 0.322 e. The van der Waals surface area contributed by atoms with E-state index in [2.05, 4.69) is 20.8 Å². The number of nitrogens with zero attached hydrogens (tertiary/aromatic N) is 4. The molecule has 1 heterocycles. The summed E-state index contributed by atoms with van der Waals surface area (Å²) in [6.45, 7) is 0. The third-order valence-electron chi connectivity index (χ3n) is 5.04. The summed E-state index contributed by atoms with van der Waals surface area (Å²) in [5.41, 5.74) is 2.28. The van der Waals surface area contributed by atoms with E-state index in [1.54, 1.807) is 36.4 Å². The molecule has 0 saturated carbocycles. The van der Waals surface area contributed by atoms with Crippen LogP contribution in [0.2, 0.25) is 0 Å². The van der Waals surface area contributed by atoms with Crippen LogP contribution in [0.4, 0.5) is 23.1 Å². The van der Waals surface area contributed by atoms with Crippen LogP contribution in [0.3, 0.4) is 0 Å². The molecule has 11 nitrogen and oxygen atoms in total. The zero-order valence-corrected chi connectivity index (χ0v) is 18.8. The molecule has 0 bridgehead atoms. The molecule has 0 atom stereocenters. The van der Waals surface area contributed by atoms with Gasteiger partial charge < -0.3 is 14.6 Å². The highest BCUT2D eigenvalue weighted by molar-refractivity contribution is 6.12. The fourth-order valence-corrected chi connectivity index (χ4v) is 3.18. The number of para-hydroxylation sites is 1. The summed E-state index contributed by atoms with van der Waals surface area (Å²) >= 11 is 0. The molecule has 35 heavy (non-hydrogen) atoms. The van der Waals surface area contributed by atoms with E-state index >= 15 is 0 Å². The van der Waals surface area contributed by atoms with E-state index in [0.717, 1.165) is 5.69 Å². The number of hydrogen-bond donors (Lipinski definition) is 2. The first-order chi connectivity index (χ1) is 16.8. The largest absolute Gasteiger partial charge is 0.403 e. The van der Waals surface area contributed by atoms with E-state index in [1.807, 2.05) is 31.1 Å². The summed E-state index contributed by atoms with van der Waals surface area (Å²) in [5.74, 6) is -0.852. The molecule has 0 fully saturated rings. The SMILES string of the molecule is CN(C)c1ccc(C(=O)Nc2ccccc2C(=O)Nc2nnc(-c3ccc([N+](=O)[O-])cc3)o2)cc1. The first kappa shape index (κ1) is 23.1. The predicted molar refractivity (Wildman–Crippen MR) is 130 cm³/mol. The monoisotopic (exact) mass is 472 g/mol. The van der Waals surface area contributed by atoms with Crippen LogP contribution in [0.25, 0.3) is 11.5 Å². The molecular weight excluding hydrogens is 452 g/mol. The van der Waals surface area contributed by atoms with Gasteiger partial charge in [0.1, 0.15) is 0 Å². The zero-order valence-electron chi connectivity index (χ0n) is 18.8. The topological polar surface area (TPSA) is 144 Å². The Morgan fingerprint density at radius 1 is 0.886 bits per heavy atom. The molecule has 2 amide bonds. The number of carbonyl (C=O) groups is 2. The quantitative estimate of drug-likeness (QED) is 0.301. The molecule has 0 spiro atoms. The Labute approximate surface area is 199 Å². The summed E-state index contributed by atoms with van der Waals surface area (Å²) in [5, 5.41) is 23.7. The number of nitrogens with one attached hydrogen (secondary N) is 2. The summed E-state index contributed by atoms with van der Waals surface area (Å²) in [7, 11) is 3.81. The van der Waals surface area contributed by atoms with Gasteiger partial charge in [0.25, 0.3) is 17.5 Å². The second-order valence-electron chi connectivity index (χ2n) is 7.61. The zero-order chi connectivity index (χ0) is 24.9. The van der Waals surface area contributed by atoms with Gasteiger partial charge in [-0.15, -0.1) is 5.10 Å². The van der Waals surface area contributed by atoms with Crippen molar-refractivity contribution < 1.29 is 18.9 Å². The Hall–Kier alpha value is -5.06. The Balaban J connectivity index is 1.47. The van der Waals surface area contributed by atoms with Crippen molar-refractivity contribution in [2.75, 3.05) is 29.6 Å². The third-order valence-corrected chi connectivity index (χ3v) is 5.04. The van der Waals surface area contributed by atoms with Crippen molar-refractivity contribution in [1.82, 2.24) is 10.2 Å². The van der Waals surface area contributed by atoms with E-state index in [9.17, 15) is 19.7 Å². The number of nitro groups is 1. The Morgan fingerprint density at radius 3 is 2.23 bits per heavy atom. The van der Waals surface area contributed by atoms with Crippen LogP contribution in [-0.4, -0.2) is 41.0 Å². The molecule has 176 valence electrons. The first-order valence-corrected chi connectivity index (χ1v) is 10.4. The fourth-order valence-electron chi connectivity index (χ4n) is 3.18. The number of non-ortho nitro benzene ring substituents is 1. The van der Waals surface area contributed by atoms with Crippen molar-refractivity contribution in [3.63, 3.8) is 0 Å². The van der Waals surface area contributed by atoms with Gasteiger partial charge >= 0.3 is 6.01 Å². The number of benzene rings is 3. The Morgan fingerprint density at radius 2 is 1.57 bits per heavy atom. The van der Waals surface area contributed by atoms with Crippen LogP contribution >= 0.6 is 0 Å². The van der Waals surface area contributed by atoms with Gasteiger partial charge in [-0.2, -0.15) is 0 Å². The van der Waals surface area contributed by atoms with Crippen molar-refractivity contribution in [2.24, 2.45) is 0 Å². The van der Waals surface area contributed by atoms with E-state index < -0.39 is 10.8 Å². The number of rotatable bonds is 7. The average molecular weight is 472 g/mol. The van der Waals surface area contributed by atoms with E-state index in [4.69, 9.17) is 4.42 Å². The van der Waals surface area contributed by atoms with Crippen molar-refractivity contribution in [3.8, 4) is 11.5 Å². The maximum Gasteiger partial charge on any atom is 0.322 e. The molecule has 3 aromatic carbocycles. The van der Waals surface area contributed by atoms with Gasteiger partial charge in [0.05, 0.1) is 16.2 Å². The molecular formula is C24H20N6O5. The van der Waals surface area contributed by atoms with Crippen LogP contribution < -0.4 is 15.5 Å². The van der Waals surface area contributed by atoms with Crippen LogP contribution in [0.1, 0.15) is 20.7 Å². The number of aromatic nitrogens is 2. The number of carbonyl (C=O) groups excluding carboxylic acids is 2. The lowest BCUT2D eigenvalue weighted by molar-refractivity contribution is -0.384. The molecule has 11 heteroatoms. The molecule has 4 aromatic rings. The maximum absolute atomic E-state index is 12.9. The summed E-state index contributed by atoms with van der Waals surface area (Å²) < 4.78 is 5.47. The van der Waals surface area contributed by atoms with Crippen molar-refractivity contribution >= 4 is 34.9 Å². The van der Waals surface area contributed by atoms with Gasteiger partial charge in [-0.3, -0.25) is 25.0 Å². The first-order valence-electron chi connectivity index (χ1n) is 10.4. The lowest BCUT2D eigenvalue weighted by Gasteiger charge is -2.13. The highest BCUT2D eigenvalue weighted by Gasteiger charge is 2.18. The number of amides is 2. The fraction of sp³-hybridized carbons (Fsp3) is 0.0833. The highest BCUT2D eigenvalue weighted by atomic mass is 16.6. The van der Waals surface area contributed by atoms with Gasteiger partial charge in [-0.1, -0.05) is 17.2 Å². The second-order valence-corrected chi connectivity index (χ2v) is 7.61. The predicted octanol–water partition coefficient (Wildman–Crippen LogP) is 4.22. The van der Waals surface area contributed by atoms with Crippen molar-refractivity contribution in [1.29, 1.82) is 0 Å². The minimum atomic E-state index is -0.567. The van der Waals surface area contributed by atoms with Gasteiger partial charge in [0.15, 0.2) is 0 Å². The molecule has 4 rings (SSSR count). The highest BCUT2D eigenvalue weighted by Crippen LogP contribution is 2.24. The third kappa shape index (κ3) is 5.30. The number of hydrogen-bond acceptors (Lipinski definition) is 8. The lowest BCUT2D eigenvalue weighted by Crippen LogP contribution is -2.18. The van der Waals surface area contributed by atoms with Gasteiger partial charge in [-0.25, -0.2) is 0 Å². The van der Waals surface area contributed by atoms with Crippen LogP contribution in [-0.2, 0) is 0 Å². The normalized spacial score (nSPS) is 10.5. The van der Waals surface area contributed by atoms with Crippen LogP contribution in [0, 0.1) is 10.1 Å². The van der Waals surface area contributed by atoms with Gasteiger partial charge in [0.2, 0.25) is 5.89 Å². The molecule has 1 aromatic heterocycles. The number of anilines is 3. The molecule has 0 aliphatic rings. The van der Waals surface area contributed by atoms with E-state index in [1.165, 1.54) is 24.3 Å². The molecule has 0 radical (unpaired) electrons. The minimum absolute atomic E-state index is 0.0749. The Kier molecular flexibility index (Phi) is 6.49. The average Bonchev–Trinajstić information content (AvgIpc) is 3.32. The molecule has 0 saturated heterocycles. The summed E-state index contributed by atoms with van der Waals surface area (Å²) in [6.07, 6.45) is 0. The maximum atomic E-state index is 12.9. The van der Waals surface area contributed by atoms with Crippen LogP contribution in [0.5, 0.6) is 0 Å². The standard InChI is InChI=1S/C24H20N6O5/c1-29(2)17-11-7-15(8-12-17)21(31)25-20-6-4-3-5-19(20)22(32)26-24-28-27-23(35-24)16-9-13-18(14-10-16)30(33)34/h3-14H,1-2H3,(H,25,31)(H,26,28,32). The molecule has 0 aliphatic carbocycles. The van der Waals surface area contributed by atoms with Crippen LogP contribution in [0.15, 0.2) is 77.2 Å². The van der Waals surface area contributed by atoms with E-state index in [-0.39, 0.29) is 29.1 Å². The van der Waals surface area contributed by atoms with Crippen molar-refractivity contribution in [2.45, 2.75) is 0 Å². The van der Waals surface area contributed by atoms with E-state index in [0.29, 0.717) is 16.8 Å². The molecule has 0 unspecified atom stereocenters. The van der Waals surface area contributed by atoms with Gasteiger partial charge in [0, 0.05) is 43.0 Å². The molecule has 2 N–H and O–H groups in total. The second kappa shape index (κ2) is 9.83. The number of nitro benzene ring substituents is 1. The van der Waals surface area contributed by atoms with Crippen molar-refractivity contribution in [3.05, 3.63) is 94.0 Å².